The molecule has 0 aliphatic heterocycles. The van der Waals surface area contributed by atoms with Crippen molar-refractivity contribution in [2.24, 2.45) is 0 Å². The van der Waals surface area contributed by atoms with Crippen molar-refractivity contribution in [1.29, 1.82) is 0 Å². The van der Waals surface area contributed by atoms with Crippen LogP contribution in [0.3, 0.4) is 0 Å². The van der Waals surface area contributed by atoms with Gasteiger partial charge in [0, 0.05) is 45.1 Å². The van der Waals surface area contributed by atoms with Crippen LogP contribution in [-0.2, 0) is 5.41 Å². The van der Waals surface area contributed by atoms with Gasteiger partial charge in [-0.3, -0.25) is 0 Å². The molecule has 1 aromatic heterocycles. The van der Waals surface area contributed by atoms with E-state index < -0.39 is 0 Å². The van der Waals surface area contributed by atoms with Gasteiger partial charge in [-0.15, -0.1) is 0 Å². The highest BCUT2D eigenvalue weighted by Gasteiger charge is 2.41. The average Bonchev–Trinajstić information content (AvgIpc) is 3.50. The van der Waals surface area contributed by atoms with Gasteiger partial charge >= 0.3 is 0 Å². The monoisotopic (exact) mass is 621 g/mol. The van der Waals surface area contributed by atoms with Crippen molar-refractivity contribution >= 4 is 50.0 Å². The van der Waals surface area contributed by atoms with E-state index in [1.807, 2.05) is 6.07 Å². The van der Waals surface area contributed by atoms with Gasteiger partial charge in [-0.2, -0.15) is 0 Å². The fraction of sp³-hybridized carbons (Fsp3) is 0.174. The summed E-state index contributed by atoms with van der Waals surface area (Å²) < 4.78 is 6.45. The van der Waals surface area contributed by atoms with Gasteiger partial charge in [0.05, 0.1) is 5.69 Å². The zero-order valence-electron chi connectivity index (χ0n) is 27.7. The first-order chi connectivity index (χ1) is 23.6. The highest BCUT2D eigenvalue weighted by atomic mass is 16.3. The molecule has 0 fully saturated rings. The van der Waals surface area contributed by atoms with Crippen LogP contribution in [0.2, 0.25) is 0 Å². The molecule has 0 bridgehead atoms. The summed E-state index contributed by atoms with van der Waals surface area (Å²) in [7, 11) is 0. The van der Waals surface area contributed by atoms with Crippen LogP contribution >= 0.6 is 0 Å². The second-order valence-corrected chi connectivity index (χ2v) is 13.8. The average molecular weight is 622 g/mol. The van der Waals surface area contributed by atoms with Crippen LogP contribution in [0.1, 0.15) is 68.2 Å². The topological polar surface area (TPSA) is 16.4 Å². The van der Waals surface area contributed by atoms with Crippen molar-refractivity contribution in [3.63, 3.8) is 0 Å². The van der Waals surface area contributed by atoms with Crippen molar-refractivity contribution in [3.8, 4) is 0 Å². The number of furan rings is 1. The quantitative estimate of drug-likeness (QED) is 0.194. The Kier molecular flexibility index (Phi) is 6.86. The van der Waals surface area contributed by atoms with Crippen molar-refractivity contribution in [1.82, 2.24) is 0 Å². The third-order valence-corrected chi connectivity index (χ3v) is 10.6. The Hall–Kier alpha value is -5.34. The number of allylic oxidation sites excluding steroid dienone is 13. The molecule has 2 heteroatoms. The molecule has 4 aromatic carbocycles. The normalized spacial score (nSPS) is 18.0. The van der Waals surface area contributed by atoms with Crippen molar-refractivity contribution in [3.05, 3.63) is 173 Å². The Bertz CT molecular complexity index is 2330. The molecule has 5 aromatic rings. The van der Waals surface area contributed by atoms with Gasteiger partial charge in [-0.05, 0) is 89.4 Å². The summed E-state index contributed by atoms with van der Waals surface area (Å²) in [5.41, 5.74) is 16.2. The van der Waals surface area contributed by atoms with E-state index in [4.69, 9.17) is 4.42 Å². The number of rotatable bonds is 5. The van der Waals surface area contributed by atoms with Gasteiger partial charge in [0.25, 0.3) is 0 Å². The third-order valence-electron chi connectivity index (χ3n) is 10.6. The lowest BCUT2D eigenvalue weighted by Crippen LogP contribution is -2.19. The minimum absolute atomic E-state index is 0.0236. The van der Waals surface area contributed by atoms with E-state index in [2.05, 4.69) is 152 Å². The highest BCUT2D eigenvalue weighted by Crippen LogP contribution is 2.55. The van der Waals surface area contributed by atoms with Crippen molar-refractivity contribution in [2.75, 3.05) is 4.90 Å². The smallest absolute Gasteiger partial charge is 0.143 e. The molecule has 0 saturated heterocycles. The first-order valence-corrected chi connectivity index (χ1v) is 17.4. The minimum Gasteiger partial charge on any atom is -0.455 e. The number of fused-ring (bicyclic) bond motifs is 6. The van der Waals surface area contributed by atoms with Crippen molar-refractivity contribution < 1.29 is 4.42 Å². The third kappa shape index (κ3) is 4.62. The van der Waals surface area contributed by atoms with Crippen LogP contribution in [-0.4, -0.2) is 0 Å². The summed E-state index contributed by atoms with van der Waals surface area (Å²) in [5.74, 6) is 0. The highest BCUT2D eigenvalue weighted by molar-refractivity contribution is 6.08. The Labute approximate surface area is 283 Å². The molecular weight excluding hydrogens is 583 g/mol. The number of hydrogen-bond donors (Lipinski definition) is 0. The molecular formula is C46H39NO. The molecule has 0 atom stereocenters. The predicted octanol–water partition coefficient (Wildman–Crippen LogP) is 12.8. The maximum absolute atomic E-state index is 6.45. The number of hydrogen-bond acceptors (Lipinski definition) is 2. The number of para-hydroxylation sites is 2. The van der Waals surface area contributed by atoms with Gasteiger partial charge in [0.2, 0.25) is 0 Å². The Morgan fingerprint density at radius 3 is 2.44 bits per heavy atom. The fourth-order valence-electron chi connectivity index (χ4n) is 8.24. The lowest BCUT2D eigenvalue weighted by molar-refractivity contribution is 0.654. The number of nitrogens with zero attached hydrogens (tertiary/aromatic N) is 1. The Morgan fingerprint density at radius 1 is 0.729 bits per heavy atom. The molecule has 1 heterocycles. The standard InChI is InChI=1S/C46H39NO/c1-46(2)40-21-8-6-18-39(40)44-41(46)22-12-23-42(44)47(35-28-25-32(26-29-35)31-13-4-3-5-14-31)34-16-10-15-33(27-30-34)36-19-11-20-38-37-17-7-9-24-43(37)48-45(36)38/h3-4,7,9-13,15,17-30H,5-6,8,14,16H2,1-2H3. The van der Waals surface area contributed by atoms with E-state index in [0.29, 0.717) is 0 Å². The first kappa shape index (κ1) is 28.8. The van der Waals surface area contributed by atoms with E-state index >= 15 is 0 Å². The molecule has 0 saturated carbocycles. The molecule has 48 heavy (non-hydrogen) atoms. The zero-order valence-corrected chi connectivity index (χ0v) is 27.7. The molecule has 0 unspecified atom stereocenters. The fourth-order valence-corrected chi connectivity index (χ4v) is 8.24. The van der Waals surface area contributed by atoms with Gasteiger partial charge in [0.1, 0.15) is 11.2 Å². The van der Waals surface area contributed by atoms with Gasteiger partial charge < -0.3 is 9.32 Å². The van der Waals surface area contributed by atoms with Crippen LogP contribution < -0.4 is 4.90 Å². The van der Waals surface area contributed by atoms with E-state index in [1.165, 1.54) is 50.5 Å². The molecule has 4 aliphatic rings. The molecule has 0 spiro atoms. The van der Waals surface area contributed by atoms with E-state index in [9.17, 15) is 0 Å². The molecule has 9 rings (SSSR count). The summed E-state index contributed by atoms with van der Waals surface area (Å²) in [6, 6.07) is 31.0. The first-order valence-electron chi connectivity index (χ1n) is 17.4. The van der Waals surface area contributed by atoms with Crippen LogP contribution in [0.25, 0.3) is 38.7 Å². The second-order valence-electron chi connectivity index (χ2n) is 13.8. The Morgan fingerprint density at radius 2 is 1.56 bits per heavy atom. The molecule has 234 valence electrons. The molecule has 0 radical (unpaired) electrons. The predicted molar refractivity (Wildman–Crippen MR) is 203 cm³/mol. The molecule has 0 amide bonds. The van der Waals surface area contributed by atoms with Gasteiger partial charge in [0.15, 0.2) is 0 Å². The van der Waals surface area contributed by atoms with Crippen LogP contribution in [0.5, 0.6) is 0 Å². The van der Waals surface area contributed by atoms with Crippen LogP contribution in [0, 0.1) is 0 Å². The lowest BCUT2D eigenvalue weighted by Gasteiger charge is -2.30. The summed E-state index contributed by atoms with van der Waals surface area (Å²) in [5, 5.41) is 2.31. The number of benzene rings is 4. The summed E-state index contributed by atoms with van der Waals surface area (Å²) in [6.07, 6.45) is 26.0. The molecule has 0 N–H and O–H groups in total. The van der Waals surface area contributed by atoms with E-state index in [1.54, 1.807) is 0 Å². The van der Waals surface area contributed by atoms with E-state index in [0.717, 1.165) is 65.2 Å². The zero-order chi connectivity index (χ0) is 32.2. The maximum atomic E-state index is 6.45. The largest absolute Gasteiger partial charge is 0.455 e. The summed E-state index contributed by atoms with van der Waals surface area (Å²) in [4.78, 5) is 2.51. The Balaban J connectivity index is 1.20. The van der Waals surface area contributed by atoms with Crippen LogP contribution in [0.15, 0.2) is 155 Å². The van der Waals surface area contributed by atoms with E-state index in [-0.39, 0.29) is 5.41 Å². The van der Waals surface area contributed by atoms with Crippen LogP contribution in [0.4, 0.5) is 11.4 Å². The number of anilines is 2. The second kappa shape index (κ2) is 11.4. The lowest BCUT2D eigenvalue weighted by atomic mass is 9.80. The SMILES string of the molecule is CC1(C)C2=CCCC=C2c2c(N(C3=CC=C(c4cccc5c4oc4ccccc45)C=CC3)c3ccc(C4=CC=CCC4)cc3)cccc21. The van der Waals surface area contributed by atoms with Gasteiger partial charge in [-0.1, -0.05) is 123 Å². The minimum atomic E-state index is -0.0236. The van der Waals surface area contributed by atoms with Gasteiger partial charge in [-0.25, -0.2) is 0 Å². The summed E-state index contributed by atoms with van der Waals surface area (Å²) in [6.45, 7) is 4.78. The van der Waals surface area contributed by atoms with Crippen molar-refractivity contribution in [2.45, 2.75) is 51.4 Å². The molecule has 4 aliphatic carbocycles. The summed E-state index contributed by atoms with van der Waals surface area (Å²) >= 11 is 0. The molecule has 2 nitrogen and oxygen atoms in total. The maximum Gasteiger partial charge on any atom is 0.143 e.